The molecule has 7 heteroatoms. The number of hydrogen-bond acceptors (Lipinski definition) is 2. The van der Waals surface area contributed by atoms with Gasteiger partial charge in [-0.2, -0.15) is 13.2 Å². The summed E-state index contributed by atoms with van der Waals surface area (Å²) in [7, 11) is -5.11. The predicted molar refractivity (Wildman–Crippen MR) is 33.3 cm³/mol. The Morgan fingerprint density at radius 1 is 1.36 bits per heavy atom. The summed E-state index contributed by atoms with van der Waals surface area (Å²) in [5.41, 5.74) is -5.19. The first-order valence-corrected chi connectivity index (χ1v) is 4.35. The molecule has 0 fully saturated rings. The van der Waals surface area contributed by atoms with E-state index in [1.54, 1.807) is 6.92 Å². The van der Waals surface area contributed by atoms with Gasteiger partial charge in [0.1, 0.15) is 0 Å². The molecule has 0 amide bonds. The molecule has 0 aromatic heterocycles. The minimum Gasteiger partial charge on any atom is -0.207 e. The molecule has 3 nitrogen and oxygen atoms in total. The van der Waals surface area contributed by atoms with Crippen LogP contribution in [-0.4, -0.2) is 20.5 Å². The lowest BCUT2D eigenvalue weighted by Gasteiger charge is -2.07. The number of rotatable bonds is 3. The van der Waals surface area contributed by atoms with Crippen molar-refractivity contribution in [1.29, 1.82) is 0 Å². The number of hydrogen-bond donors (Lipinski definition) is 1. The van der Waals surface area contributed by atoms with E-state index in [1.807, 2.05) is 0 Å². The van der Waals surface area contributed by atoms with E-state index in [0.717, 1.165) is 0 Å². The van der Waals surface area contributed by atoms with Gasteiger partial charge < -0.3 is 0 Å². The molecule has 0 spiro atoms. The third kappa shape index (κ3) is 3.06. The van der Waals surface area contributed by atoms with Crippen LogP contribution in [0.4, 0.5) is 13.2 Å². The van der Waals surface area contributed by atoms with E-state index in [9.17, 15) is 21.6 Å². The summed E-state index contributed by atoms with van der Waals surface area (Å²) in [6.45, 7) is 1.38. The quantitative estimate of drug-likeness (QED) is 0.718. The maximum Gasteiger partial charge on any atom is 0.511 e. The van der Waals surface area contributed by atoms with Crippen LogP contribution in [0.2, 0.25) is 0 Å². The van der Waals surface area contributed by atoms with Crippen molar-refractivity contribution in [2.24, 2.45) is 0 Å². The van der Waals surface area contributed by atoms with Crippen LogP contribution < -0.4 is 4.72 Å². The second-order valence-corrected chi connectivity index (χ2v) is 3.60. The van der Waals surface area contributed by atoms with Crippen molar-refractivity contribution in [3.63, 3.8) is 0 Å². The molecule has 0 aromatic carbocycles. The number of nitrogens with one attached hydrogen (secondary N) is 1. The van der Waals surface area contributed by atoms with Gasteiger partial charge >= 0.3 is 15.5 Å². The molecule has 0 unspecified atom stereocenters. The fourth-order valence-corrected chi connectivity index (χ4v) is 0.955. The van der Waals surface area contributed by atoms with Crippen LogP contribution in [-0.2, 0) is 10.0 Å². The fourth-order valence-electron chi connectivity index (χ4n) is 0.318. The van der Waals surface area contributed by atoms with E-state index in [0.29, 0.717) is 6.42 Å². The molecular formula is C4H8F3NO2S. The number of halogens is 3. The fraction of sp³-hybridized carbons (Fsp3) is 1.00. The van der Waals surface area contributed by atoms with E-state index in [2.05, 4.69) is 0 Å². The third-order valence-electron chi connectivity index (χ3n) is 0.847. The first kappa shape index (κ1) is 10.7. The van der Waals surface area contributed by atoms with E-state index in [1.165, 1.54) is 4.72 Å². The second-order valence-electron chi connectivity index (χ2n) is 1.84. The zero-order chi connectivity index (χ0) is 9.12. The minimum absolute atomic E-state index is 0.193. The minimum atomic E-state index is -5.19. The van der Waals surface area contributed by atoms with E-state index >= 15 is 0 Å². The van der Waals surface area contributed by atoms with Gasteiger partial charge in [0.2, 0.25) is 0 Å². The summed E-state index contributed by atoms with van der Waals surface area (Å²) in [4.78, 5) is 0. The van der Waals surface area contributed by atoms with Crippen LogP contribution >= 0.6 is 0 Å². The molecule has 0 heterocycles. The average molecular weight is 191 g/mol. The van der Waals surface area contributed by atoms with Gasteiger partial charge in [0.25, 0.3) is 0 Å². The lowest BCUT2D eigenvalue weighted by atomic mass is 10.5. The molecule has 0 aliphatic carbocycles. The van der Waals surface area contributed by atoms with Crippen molar-refractivity contribution in [2.45, 2.75) is 18.9 Å². The van der Waals surface area contributed by atoms with E-state index in [4.69, 9.17) is 0 Å². The zero-order valence-corrected chi connectivity index (χ0v) is 6.59. The maximum atomic E-state index is 11.5. The largest absolute Gasteiger partial charge is 0.511 e. The molecule has 0 rings (SSSR count). The van der Waals surface area contributed by atoms with Crippen LogP contribution in [0.15, 0.2) is 0 Å². The van der Waals surface area contributed by atoms with Crippen molar-refractivity contribution in [3.8, 4) is 0 Å². The summed E-state index contributed by atoms with van der Waals surface area (Å²) in [5, 5.41) is 0. The summed E-state index contributed by atoms with van der Waals surface area (Å²) >= 11 is 0. The maximum absolute atomic E-state index is 11.5. The SMILES string of the molecule is CCCNS(=O)(=O)C(F)(F)F. The Morgan fingerprint density at radius 2 is 1.82 bits per heavy atom. The monoisotopic (exact) mass is 191 g/mol. The molecule has 1 N–H and O–H groups in total. The van der Waals surface area contributed by atoms with Crippen molar-refractivity contribution in [2.75, 3.05) is 6.54 Å². The van der Waals surface area contributed by atoms with E-state index in [-0.39, 0.29) is 6.54 Å². The van der Waals surface area contributed by atoms with Crippen LogP contribution in [0.3, 0.4) is 0 Å². The van der Waals surface area contributed by atoms with Gasteiger partial charge in [-0.05, 0) is 6.42 Å². The lowest BCUT2D eigenvalue weighted by molar-refractivity contribution is -0.0447. The Morgan fingerprint density at radius 3 is 2.09 bits per heavy atom. The summed E-state index contributed by atoms with van der Waals surface area (Å²) in [5.74, 6) is 0. The number of alkyl halides is 3. The third-order valence-corrected chi connectivity index (χ3v) is 2.04. The normalized spacial score (nSPS) is 13.5. The summed E-state index contributed by atoms with van der Waals surface area (Å²) in [6.07, 6.45) is 0.329. The Kier molecular flexibility index (Phi) is 3.30. The van der Waals surface area contributed by atoms with Crippen LogP contribution in [0.1, 0.15) is 13.3 Å². The highest BCUT2D eigenvalue weighted by Crippen LogP contribution is 2.21. The van der Waals surface area contributed by atoms with E-state index < -0.39 is 15.5 Å². The average Bonchev–Trinajstić information content (AvgIpc) is 1.81. The topological polar surface area (TPSA) is 46.2 Å². The standard InChI is InChI=1S/C4H8F3NO2S/c1-2-3-8-11(9,10)4(5,6)7/h8H,2-3H2,1H3. The van der Waals surface area contributed by atoms with Crippen molar-refractivity contribution in [1.82, 2.24) is 4.72 Å². The second kappa shape index (κ2) is 3.40. The molecular weight excluding hydrogens is 183 g/mol. The smallest absolute Gasteiger partial charge is 0.207 e. The van der Waals surface area contributed by atoms with Crippen LogP contribution in [0.25, 0.3) is 0 Å². The molecule has 0 aliphatic heterocycles. The van der Waals surface area contributed by atoms with Gasteiger partial charge in [-0.1, -0.05) is 6.92 Å². The first-order valence-electron chi connectivity index (χ1n) is 2.87. The predicted octanol–water partition coefficient (Wildman–Crippen LogP) is 0.836. The molecule has 0 aliphatic rings. The molecule has 0 saturated carbocycles. The van der Waals surface area contributed by atoms with Crippen molar-refractivity contribution >= 4 is 10.0 Å². The van der Waals surface area contributed by atoms with Crippen molar-refractivity contribution < 1.29 is 21.6 Å². The van der Waals surface area contributed by atoms with Gasteiger partial charge in [-0.15, -0.1) is 0 Å². The van der Waals surface area contributed by atoms with Crippen LogP contribution in [0.5, 0.6) is 0 Å². The highest BCUT2D eigenvalue weighted by molar-refractivity contribution is 7.90. The zero-order valence-electron chi connectivity index (χ0n) is 5.77. The lowest BCUT2D eigenvalue weighted by Crippen LogP contribution is -2.36. The Balaban J connectivity index is 4.26. The molecule has 0 radical (unpaired) electrons. The molecule has 0 saturated heterocycles. The molecule has 0 atom stereocenters. The van der Waals surface area contributed by atoms with Gasteiger partial charge in [0.05, 0.1) is 0 Å². The molecule has 11 heavy (non-hydrogen) atoms. The molecule has 0 aromatic rings. The van der Waals surface area contributed by atoms with Gasteiger partial charge in [-0.3, -0.25) is 0 Å². The molecule has 68 valence electrons. The van der Waals surface area contributed by atoms with Crippen molar-refractivity contribution in [3.05, 3.63) is 0 Å². The van der Waals surface area contributed by atoms with Gasteiger partial charge in [-0.25, -0.2) is 13.1 Å². The van der Waals surface area contributed by atoms with Gasteiger partial charge in [0.15, 0.2) is 0 Å². The summed E-state index contributed by atoms with van der Waals surface area (Å²) < 4.78 is 56.3. The highest BCUT2D eigenvalue weighted by Gasteiger charge is 2.45. The molecule has 0 bridgehead atoms. The highest BCUT2D eigenvalue weighted by atomic mass is 32.2. The van der Waals surface area contributed by atoms with Crippen LogP contribution in [0, 0.1) is 0 Å². The first-order chi connectivity index (χ1) is 4.81. The number of sulfonamides is 1. The Hall–Kier alpha value is -0.300. The van der Waals surface area contributed by atoms with Gasteiger partial charge in [0, 0.05) is 6.54 Å². The Labute approximate surface area is 62.6 Å². The summed E-state index contributed by atoms with van der Waals surface area (Å²) in [6, 6.07) is 0. The Bertz CT molecular complexity index is 208.